The lowest BCUT2D eigenvalue weighted by molar-refractivity contribution is -0.177. The maximum Gasteiger partial charge on any atom is 0.217 e. The van der Waals surface area contributed by atoms with E-state index >= 15 is 0 Å². The Hall–Kier alpha value is -1.29. The zero-order valence-corrected chi connectivity index (χ0v) is 15.0. The van der Waals surface area contributed by atoms with Gasteiger partial charge >= 0.3 is 0 Å². The molecule has 1 saturated carbocycles. The van der Waals surface area contributed by atoms with E-state index < -0.39 is 0 Å². The van der Waals surface area contributed by atoms with Crippen LogP contribution in [0.5, 0.6) is 0 Å². The highest BCUT2D eigenvalue weighted by Gasteiger charge is 2.38. The average Bonchev–Trinajstić information content (AvgIpc) is 3.34. The molecule has 1 saturated heterocycles. The van der Waals surface area contributed by atoms with Crippen molar-refractivity contribution in [3.8, 4) is 11.8 Å². The van der Waals surface area contributed by atoms with E-state index in [1.54, 1.807) is 0 Å². The van der Waals surface area contributed by atoms with Crippen LogP contribution in [0.25, 0.3) is 4.85 Å². The van der Waals surface area contributed by atoms with Crippen molar-refractivity contribution in [1.82, 2.24) is 0 Å². The second-order valence-corrected chi connectivity index (χ2v) is 6.94. The maximum absolute atomic E-state index is 6.89. The van der Waals surface area contributed by atoms with Crippen molar-refractivity contribution in [2.75, 3.05) is 13.2 Å². The summed E-state index contributed by atoms with van der Waals surface area (Å²) >= 11 is 0. The van der Waals surface area contributed by atoms with Crippen molar-refractivity contribution in [3.05, 3.63) is 23.6 Å². The summed E-state index contributed by atoms with van der Waals surface area (Å²) in [6.07, 6.45) is 14.2. The van der Waals surface area contributed by atoms with E-state index in [2.05, 4.69) is 29.7 Å². The van der Waals surface area contributed by atoms with Gasteiger partial charge < -0.3 is 14.3 Å². The van der Waals surface area contributed by atoms with Gasteiger partial charge in [0, 0.05) is 12.5 Å². The van der Waals surface area contributed by atoms with Crippen molar-refractivity contribution in [2.45, 2.75) is 77.1 Å². The minimum Gasteiger partial charge on any atom is -0.353 e. The van der Waals surface area contributed by atoms with E-state index in [1.807, 2.05) is 6.08 Å². The fourth-order valence-corrected chi connectivity index (χ4v) is 3.14. The highest BCUT2D eigenvalue weighted by atomic mass is 16.7. The van der Waals surface area contributed by atoms with Crippen LogP contribution in [-0.4, -0.2) is 25.5 Å². The molecule has 0 amide bonds. The Balaban J connectivity index is 1.73. The van der Waals surface area contributed by atoms with Crippen molar-refractivity contribution in [1.29, 1.82) is 0 Å². The smallest absolute Gasteiger partial charge is 0.217 e. The Bertz CT molecular complexity index is 476. The van der Waals surface area contributed by atoms with Crippen LogP contribution in [0.4, 0.5) is 0 Å². The molecule has 3 nitrogen and oxygen atoms in total. The molecule has 0 radical (unpaired) electrons. The first kappa shape index (κ1) is 19.0. The van der Waals surface area contributed by atoms with Gasteiger partial charge in [-0.05, 0) is 56.9 Å². The zero-order chi connectivity index (χ0) is 17.0. The Labute approximate surface area is 147 Å². The molecule has 0 aromatic rings. The van der Waals surface area contributed by atoms with E-state index in [4.69, 9.17) is 16.0 Å². The molecule has 0 N–H and O–H groups in total. The first-order valence-corrected chi connectivity index (χ1v) is 9.59. The highest BCUT2D eigenvalue weighted by molar-refractivity contribution is 5.18. The summed E-state index contributed by atoms with van der Waals surface area (Å²) in [5.41, 5.74) is 0. The molecule has 0 aromatic carbocycles. The first-order chi connectivity index (χ1) is 11.8. The molecule has 0 aromatic heterocycles. The van der Waals surface area contributed by atoms with Gasteiger partial charge in [0.05, 0.1) is 0 Å². The summed E-state index contributed by atoms with van der Waals surface area (Å²) in [6.45, 7) is 10.6. The van der Waals surface area contributed by atoms with Crippen molar-refractivity contribution < 1.29 is 9.47 Å². The van der Waals surface area contributed by atoms with E-state index in [0.717, 1.165) is 38.7 Å². The molecule has 1 heterocycles. The molecule has 4 atom stereocenters. The molecule has 132 valence electrons. The SMILES string of the molecule is [C-]#[N+]C[C@@H]1C[C@@H]1CC=CC#CC(CCCCC)OC1CCCCO1. The van der Waals surface area contributed by atoms with Gasteiger partial charge in [-0.1, -0.05) is 37.7 Å². The third-order valence-electron chi connectivity index (χ3n) is 4.80. The van der Waals surface area contributed by atoms with Gasteiger partial charge in [0.15, 0.2) is 6.29 Å². The molecular weight excluding hydrogens is 298 g/mol. The normalized spacial score (nSPS) is 27.2. The highest BCUT2D eigenvalue weighted by Crippen LogP contribution is 2.41. The molecule has 1 aliphatic carbocycles. The van der Waals surface area contributed by atoms with E-state index in [-0.39, 0.29) is 12.4 Å². The van der Waals surface area contributed by atoms with Crippen LogP contribution in [0.2, 0.25) is 0 Å². The Morgan fingerprint density at radius 3 is 3.00 bits per heavy atom. The largest absolute Gasteiger partial charge is 0.353 e. The van der Waals surface area contributed by atoms with Crippen LogP contribution in [0.1, 0.15) is 64.7 Å². The monoisotopic (exact) mass is 329 g/mol. The van der Waals surface area contributed by atoms with Gasteiger partial charge in [0.2, 0.25) is 6.54 Å². The quantitative estimate of drug-likeness (QED) is 0.338. The van der Waals surface area contributed by atoms with Crippen molar-refractivity contribution >= 4 is 0 Å². The maximum atomic E-state index is 6.89. The van der Waals surface area contributed by atoms with Gasteiger partial charge in [0.1, 0.15) is 6.10 Å². The molecule has 2 fully saturated rings. The van der Waals surface area contributed by atoms with E-state index in [0.29, 0.717) is 18.4 Å². The molecule has 2 aliphatic rings. The molecule has 24 heavy (non-hydrogen) atoms. The molecule has 0 spiro atoms. The third kappa shape index (κ3) is 7.52. The summed E-state index contributed by atoms with van der Waals surface area (Å²) in [5.74, 6) is 7.77. The number of hydrogen-bond donors (Lipinski definition) is 0. The predicted octanol–water partition coefficient (Wildman–Crippen LogP) is 4.98. The van der Waals surface area contributed by atoms with Crippen LogP contribution in [0.3, 0.4) is 0 Å². The summed E-state index contributed by atoms with van der Waals surface area (Å²) in [6, 6.07) is 0. The van der Waals surface area contributed by atoms with Crippen LogP contribution >= 0.6 is 0 Å². The average molecular weight is 329 g/mol. The zero-order valence-electron chi connectivity index (χ0n) is 15.0. The molecule has 2 unspecified atom stereocenters. The summed E-state index contributed by atoms with van der Waals surface area (Å²) < 4.78 is 11.7. The number of rotatable bonds is 9. The number of hydrogen-bond acceptors (Lipinski definition) is 2. The standard InChI is InChI=1S/C21H31NO2/c1-3-4-6-12-20(24-21-14-9-10-15-23-21)13-8-5-7-11-18-16-19(18)17-22-2/h5,7,18-21H,3-4,6,9-12,14-17H2,1H3/t18-,19-,20?,21?/m0/s1. The predicted molar refractivity (Wildman–Crippen MR) is 97.2 cm³/mol. The van der Waals surface area contributed by atoms with Gasteiger partial charge in [0.25, 0.3) is 0 Å². The second kappa shape index (κ2) is 11.3. The number of nitrogens with zero attached hydrogens (tertiary/aromatic N) is 1. The molecular formula is C21H31NO2. The fraction of sp³-hybridized carbons (Fsp3) is 0.762. The van der Waals surface area contributed by atoms with Gasteiger partial charge in [-0.2, -0.15) is 0 Å². The first-order valence-electron chi connectivity index (χ1n) is 9.59. The second-order valence-electron chi connectivity index (χ2n) is 6.94. The van der Waals surface area contributed by atoms with Crippen molar-refractivity contribution in [3.63, 3.8) is 0 Å². The van der Waals surface area contributed by atoms with Crippen LogP contribution < -0.4 is 0 Å². The molecule has 3 heteroatoms. The lowest BCUT2D eigenvalue weighted by Crippen LogP contribution is -2.27. The van der Waals surface area contributed by atoms with Gasteiger partial charge in [-0.25, -0.2) is 6.57 Å². The van der Waals surface area contributed by atoms with E-state index in [9.17, 15) is 0 Å². The van der Waals surface area contributed by atoms with Crippen LogP contribution in [0.15, 0.2) is 12.2 Å². The topological polar surface area (TPSA) is 22.8 Å². The lowest BCUT2D eigenvalue weighted by atomic mass is 10.1. The Morgan fingerprint density at radius 1 is 1.33 bits per heavy atom. The summed E-state index contributed by atoms with van der Waals surface area (Å²) in [5, 5.41) is 0. The van der Waals surface area contributed by atoms with Crippen LogP contribution in [0, 0.1) is 30.2 Å². The van der Waals surface area contributed by atoms with E-state index in [1.165, 1.54) is 25.7 Å². The fourth-order valence-electron chi connectivity index (χ4n) is 3.14. The number of ether oxygens (including phenoxy) is 2. The van der Waals surface area contributed by atoms with Crippen molar-refractivity contribution in [2.24, 2.45) is 11.8 Å². The van der Waals surface area contributed by atoms with Crippen LogP contribution in [-0.2, 0) is 9.47 Å². The Morgan fingerprint density at radius 2 is 2.25 bits per heavy atom. The summed E-state index contributed by atoms with van der Waals surface area (Å²) in [4.78, 5) is 3.48. The third-order valence-corrected chi connectivity index (χ3v) is 4.80. The summed E-state index contributed by atoms with van der Waals surface area (Å²) in [7, 11) is 0. The van der Waals surface area contributed by atoms with Gasteiger partial charge in [-0.15, -0.1) is 0 Å². The molecule has 1 aliphatic heterocycles. The minimum atomic E-state index is -0.0653. The van der Waals surface area contributed by atoms with Gasteiger partial charge in [-0.3, -0.25) is 0 Å². The Kier molecular flexibility index (Phi) is 8.96. The number of unbranched alkanes of at least 4 members (excludes halogenated alkanes) is 2. The number of allylic oxidation sites excluding steroid dienone is 2. The molecule has 0 bridgehead atoms. The molecule has 2 rings (SSSR count). The minimum absolute atomic E-state index is 0.0138. The lowest BCUT2D eigenvalue weighted by Gasteiger charge is -2.25.